The van der Waals surface area contributed by atoms with Gasteiger partial charge in [-0.2, -0.15) is 0 Å². The van der Waals surface area contributed by atoms with Crippen molar-refractivity contribution in [3.05, 3.63) is 15.6 Å². The van der Waals surface area contributed by atoms with Crippen LogP contribution in [0.2, 0.25) is 0 Å². The second-order valence-electron chi connectivity index (χ2n) is 3.87. The molecule has 1 N–H and O–H groups in total. The summed E-state index contributed by atoms with van der Waals surface area (Å²) >= 11 is 1.86. The van der Waals surface area contributed by atoms with Crippen LogP contribution >= 0.6 is 11.3 Å². The molecule has 1 atom stereocenters. The molecular formula is C12H22N2S. The fourth-order valence-electron chi connectivity index (χ4n) is 1.47. The van der Waals surface area contributed by atoms with E-state index in [9.17, 15) is 0 Å². The molecule has 0 bridgehead atoms. The van der Waals surface area contributed by atoms with Gasteiger partial charge in [-0.1, -0.05) is 20.8 Å². The SMILES string of the molecule is CCc1nc(CNC(C)CC)sc1CC. The van der Waals surface area contributed by atoms with E-state index in [0.717, 1.165) is 19.4 Å². The van der Waals surface area contributed by atoms with E-state index in [1.807, 2.05) is 11.3 Å². The quantitative estimate of drug-likeness (QED) is 0.806. The molecule has 2 nitrogen and oxygen atoms in total. The maximum Gasteiger partial charge on any atom is 0.107 e. The lowest BCUT2D eigenvalue weighted by Gasteiger charge is -2.08. The smallest absolute Gasteiger partial charge is 0.107 e. The van der Waals surface area contributed by atoms with Crippen LogP contribution in [-0.2, 0) is 19.4 Å². The van der Waals surface area contributed by atoms with Gasteiger partial charge in [0.15, 0.2) is 0 Å². The zero-order valence-electron chi connectivity index (χ0n) is 10.3. The van der Waals surface area contributed by atoms with Gasteiger partial charge >= 0.3 is 0 Å². The zero-order valence-corrected chi connectivity index (χ0v) is 11.1. The molecule has 0 saturated heterocycles. The second-order valence-corrected chi connectivity index (χ2v) is 5.04. The van der Waals surface area contributed by atoms with Crippen molar-refractivity contribution in [3.63, 3.8) is 0 Å². The van der Waals surface area contributed by atoms with E-state index < -0.39 is 0 Å². The highest BCUT2D eigenvalue weighted by atomic mass is 32.1. The van der Waals surface area contributed by atoms with Gasteiger partial charge in [0, 0.05) is 17.5 Å². The first-order valence-electron chi connectivity index (χ1n) is 5.92. The van der Waals surface area contributed by atoms with Crippen molar-refractivity contribution in [1.29, 1.82) is 0 Å². The third kappa shape index (κ3) is 3.58. The molecule has 0 aliphatic carbocycles. The molecule has 3 heteroatoms. The van der Waals surface area contributed by atoms with Crippen LogP contribution in [0.3, 0.4) is 0 Å². The van der Waals surface area contributed by atoms with Gasteiger partial charge in [0.1, 0.15) is 5.01 Å². The Labute approximate surface area is 97.1 Å². The first-order chi connectivity index (χ1) is 7.21. The maximum absolute atomic E-state index is 4.66. The molecule has 0 saturated carbocycles. The van der Waals surface area contributed by atoms with E-state index in [0.29, 0.717) is 6.04 Å². The molecule has 0 aliphatic rings. The van der Waals surface area contributed by atoms with Crippen LogP contribution in [-0.4, -0.2) is 11.0 Å². The van der Waals surface area contributed by atoms with Crippen LogP contribution in [0.25, 0.3) is 0 Å². The summed E-state index contributed by atoms with van der Waals surface area (Å²) in [6.45, 7) is 9.73. The molecule has 15 heavy (non-hydrogen) atoms. The Kier molecular flexibility index (Phi) is 5.26. The molecule has 0 fully saturated rings. The Morgan fingerprint density at radius 3 is 2.47 bits per heavy atom. The predicted octanol–water partition coefficient (Wildman–Crippen LogP) is 3.16. The fourth-order valence-corrected chi connectivity index (χ4v) is 2.52. The van der Waals surface area contributed by atoms with Gasteiger partial charge in [-0.15, -0.1) is 11.3 Å². The summed E-state index contributed by atoms with van der Waals surface area (Å²) in [6, 6.07) is 0.587. The van der Waals surface area contributed by atoms with Gasteiger partial charge in [0.05, 0.1) is 5.69 Å². The van der Waals surface area contributed by atoms with Crippen LogP contribution in [0.4, 0.5) is 0 Å². The Bertz CT molecular complexity index is 272. The molecule has 86 valence electrons. The van der Waals surface area contributed by atoms with Gasteiger partial charge in [0.2, 0.25) is 0 Å². The summed E-state index contributed by atoms with van der Waals surface area (Å²) in [5.74, 6) is 0. The maximum atomic E-state index is 4.66. The number of aromatic nitrogens is 1. The number of hydrogen-bond donors (Lipinski definition) is 1. The molecule has 0 amide bonds. The van der Waals surface area contributed by atoms with Crippen molar-refractivity contribution in [2.24, 2.45) is 0 Å². The molecule has 0 aliphatic heterocycles. The Balaban J connectivity index is 2.58. The molecular weight excluding hydrogens is 204 g/mol. The Morgan fingerprint density at radius 1 is 1.27 bits per heavy atom. The highest BCUT2D eigenvalue weighted by molar-refractivity contribution is 7.11. The van der Waals surface area contributed by atoms with E-state index in [-0.39, 0.29) is 0 Å². The van der Waals surface area contributed by atoms with Gasteiger partial charge < -0.3 is 5.32 Å². The lowest BCUT2D eigenvalue weighted by atomic mass is 10.2. The highest BCUT2D eigenvalue weighted by Gasteiger charge is 2.08. The highest BCUT2D eigenvalue weighted by Crippen LogP contribution is 2.19. The van der Waals surface area contributed by atoms with E-state index in [4.69, 9.17) is 0 Å². The number of rotatable bonds is 6. The lowest BCUT2D eigenvalue weighted by molar-refractivity contribution is 0.533. The summed E-state index contributed by atoms with van der Waals surface area (Å²) in [6.07, 6.45) is 3.35. The first-order valence-corrected chi connectivity index (χ1v) is 6.73. The summed E-state index contributed by atoms with van der Waals surface area (Å²) in [4.78, 5) is 6.12. The van der Waals surface area contributed by atoms with Crippen molar-refractivity contribution in [1.82, 2.24) is 10.3 Å². The summed E-state index contributed by atoms with van der Waals surface area (Å²) in [5.41, 5.74) is 1.29. The summed E-state index contributed by atoms with van der Waals surface area (Å²) in [7, 11) is 0. The number of hydrogen-bond acceptors (Lipinski definition) is 3. The molecule has 1 aromatic heterocycles. The number of thiazole rings is 1. The fraction of sp³-hybridized carbons (Fsp3) is 0.750. The lowest BCUT2D eigenvalue weighted by Crippen LogP contribution is -2.24. The molecule has 1 heterocycles. The molecule has 1 aromatic rings. The molecule has 0 radical (unpaired) electrons. The zero-order chi connectivity index (χ0) is 11.3. The Hall–Kier alpha value is -0.410. The average Bonchev–Trinajstić information content (AvgIpc) is 2.68. The third-order valence-corrected chi connectivity index (χ3v) is 3.93. The molecule has 1 rings (SSSR count). The van der Waals surface area contributed by atoms with Gasteiger partial charge in [-0.25, -0.2) is 4.98 Å². The van der Waals surface area contributed by atoms with Crippen LogP contribution in [0, 0.1) is 0 Å². The normalized spacial score (nSPS) is 13.1. The summed E-state index contributed by atoms with van der Waals surface area (Å²) < 4.78 is 0. The number of nitrogens with one attached hydrogen (secondary N) is 1. The van der Waals surface area contributed by atoms with E-state index in [1.54, 1.807) is 0 Å². The van der Waals surface area contributed by atoms with Crippen molar-refractivity contribution >= 4 is 11.3 Å². The van der Waals surface area contributed by atoms with Crippen molar-refractivity contribution in [2.45, 2.75) is 59.5 Å². The van der Waals surface area contributed by atoms with Crippen molar-refractivity contribution in [2.75, 3.05) is 0 Å². The predicted molar refractivity (Wildman–Crippen MR) is 67.5 cm³/mol. The minimum atomic E-state index is 0.587. The number of nitrogens with zero attached hydrogens (tertiary/aromatic N) is 1. The molecule has 1 unspecified atom stereocenters. The first kappa shape index (κ1) is 12.7. The monoisotopic (exact) mass is 226 g/mol. The van der Waals surface area contributed by atoms with Crippen LogP contribution in [0.5, 0.6) is 0 Å². The Morgan fingerprint density at radius 2 is 2.00 bits per heavy atom. The molecule has 0 spiro atoms. The van der Waals surface area contributed by atoms with E-state index in [1.165, 1.54) is 22.0 Å². The van der Waals surface area contributed by atoms with E-state index in [2.05, 4.69) is 38.0 Å². The minimum absolute atomic E-state index is 0.587. The van der Waals surface area contributed by atoms with Gasteiger partial charge in [-0.3, -0.25) is 0 Å². The van der Waals surface area contributed by atoms with Crippen LogP contribution < -0.4 is 5.32 Å². The van der Waals surface area contributed by atoms with Crippen molar-refractivity contribution in [3.8, 4) is 0 Å². The minimum Gasteiger partial charge on any atom is -0.308 e. The standard InChI is InChI=1S/C12H22N2S/c1-5-9(4)13-8-12-14-10(6-2)11(7-3)15-12/h9,13H,5-8H2,1-4H3. The van der Waals surface area contributed by atoms with Crippen LogP contribution in [0.1, 0.15) is 49.7 Å². The topological polar surface area (TPSA) is 24.9 Å². The number of aryl methyl sites for hydroxylation is 2. The summed E-state index contributed by atoms with van der Waals surface area (Å²) in [5, 5.41) is 4.73. The molecule has 0 aromatic carbocycles. The second kappa shape index (κ2) is 6.23. The largest absolute Gasteiger partial charge is 0.308 e. The van der Waals surface area contributed by atoms with Gasteiger partial charge in [-0.05, 0) is 26.2 Å². The van der Waals surface area contributed by atoms with E-state index >= 15 is 0 Å². The van der Waals surface area contributed by atoms with Crippen LogP contribution in [0.15, 0.2) is 0 Å². The average molecular weight is 226 g/mol. The third-order valence-electron chi connectivity index (χ3n) is 2.69. The van der Waals surface area contributed by atoms with Gasteiger partial charge in [0.25, 0.3) is 0 Å². The van der Waals surface area contributed by atoms with Crippen molar-refractivity contribution < 1.29 is 0 Å².